The predicted octanol–water partition coefficient (Wildman–Crippen LogP) is 0.0357. The first-order valence-corrected chi connectivity index (χ1v) is 11.1. The van der Waals surface area contributed by atoms with Gasteiger partial charge in [-0.3, -0.25) is 19.1 Å². The van der Waals surface area contributed by atoms with Gasteiger partial charge in [-0.1, -0.05) is 18.1 Å². The number of aromatic nitrogens is 1. The molecular weight excluding hydrogens is 426 g/mol. The lowest BCUT2D eigenvalue weighted by molar-refractivity contribution is -0.115. The van der Waals surface area contributed by atoms with Crippen molar-refractivity contribution in [2.75, 3.05) is 38.2 Å². The van der Waals surface area contributed by atoms with Crippen LogP contribution in [0.2, 0.25) is 0 Å². The van der Waals surface area contributed by atoms with Crippen molar-refractivity contribution in [1.82, 2.24) is 14.8 Å². The number of benzene rings is 1. The summed E-state index contributed by atoms with van der Waals surface area (Å²) >= 11 is 1.10. The van der Waals surface area contributed by atoms with Crippen LogP contribution in [0.15, 0.2) is 29.1 Å². The maximum atomic E-state index is 12.8. The van der Waals surface area contributed by atoms with Crippen molar-refractivity contribution in [2.45, 2.75) is 20.0 Å². The monoisotopic (exact) mass is 451 g/mol. The molecule has 1 fully saturated rings. The molecule has 0 saturated carbocycles. The number of morpholine rings is 1. The molecule has 0 spiro atoms. The zero-order valence-electron chi connectivity index (χ0n) is 17.9. The Morgan fingerprint density at radius 3 is 2.84 bits per heavy atom. The van der Waals surface area contributed by atoms with E-state index in [0.29, 0.717) is 15.7 Å². The maximum Gasteiger partial charge on any atom is 0.270 e. The fourth-order valence-electron chi connectivity index (χ4n) is 3.33. The summed E-state index contributed by atoms with van der Waals surface area (Å²) in [7, 11) is 0. The second-order valence-corrected chi connectivity index (χ2v) is 8.10. The molecule has 0 radical (unpaired) electrons. The van der Waals surface area contributed by atoms with Gasteiger partial charge < -0.3 is 15.4 Å². The van der Waals surface area contributed by atoms with Crippen LogP contribution in [-0.4, -0.2) is 48.2 Å². The molecule has 1 aromatic heterocycles. The highest BCUT2D eigenvalue weighted by Crippen LogP contribution is 2.13. The fourth-order valence-corrected chi connectivity index (χ4v) is 4.42. The summed E-state index contributed by atoms with van der Waals surface area (Å²) in [4.78, 5) is 27.5. The quantitative estimate of drug-likeness (QED) is 0.577. The smallest absolute Gasteiger partial charge is 0.270 e. The number of carbonyl (C=O) groups excluding carboxylic acids is 1. The first-order valence-electron chi connectivity index (χ1n) is 10.3. The van der Waals surface area contributed by atoms with Crippen molar-refractivity contribution >= 4 is 34.7 Å². The Balaban J connectivity index is 1.88. The van der Waals surface area contributed by atoms with Crippen LogP contribution in [0.25, 0.3) is 11.8 Å². The highest BCUT2D eigenvalue weighted by molar-refractivity contribution is 7.07. The van der Waals surface area contributed by atoms with Crippen LogP contribution in [-0.2, 0) is 22.6 Å². The summed E-state index contributed by atoms with van der Waals surface area (Å²) in [5.41, 5.74) is 1.62. The number of hydrogen-bond acceptors (Lipinski definition) is 7. The Morgan fingerprint density at radius 1 is 1.38 bits per heavy atom. The Bertz CT molecular complexity index is 1230. The molecule has 2 N–H and O–H groups in total. The second kappa shape index (κ2) is 11.3. The van der Waals surface area contributed by atoms with E-state index in [9.17, 15) is 14.9 Å². The van der Waals surface area contributed by atoms with Gasteiger partial charge in [0.05, 0.1) is 19.8 Å². The Labute approximate surface area is 190 Å². The molecule has 166 valence electrons. The lowest BCUT2D eigenvalue weighted by Gasteiger charge is -2.26. The van der Waals surface area contributed by atoms with Gasteiger partial charge in [0.15, 0.2) is 5.57 Å². The summed E-state index contributed by atoms with van der Waals surface area (Å²) in [6, 6.07) is 9.90. The minimum Gasteiger partial charge on any atom is -0.379 e. The fraction of sp³-hybridized carbons (Fsp3) is 0.348. The molecule has 0 atom stereocenters. The SMILES string of the molecule is C#CCNC(=O)C(C#N)=c1sc(=CNc2cccc(CN3CCOCC3)c2)c(=O)n1CC. The van der Waals surface area contributed by atoms with E-state index in [2.05, 4.69) is 27.5 Å². The first kappa shape index (κ1) is 23.3. The normalized spacial score (nSPS) is 15.5. The van der Waals surface area contributed by atoms with Gasteiger partial charge in [0.1, 0.15) is 15.3 Å². The first-order chi connectivity index (χ1) is 15.6. The highest BCUT2D eigenvalue weighted by atomic mass is 32.1. The van der Waals surface area contributed by atoms with Gasteiger partial charge in [-0.25, -0.2) is 0 Å². The second-order valence-electron chi connectivity index (χ2n) is 7.07. The Kier molecular flexibility index (Phi) is 8.23. The minimum absolute atomic E-state index is 0.00702. The Morgan fingerprint density at radius 2 is 2.16 bits per heavy atom. The van der Waals surface area contributed by atoms with Gasteiger partial charge in [0.25, 0.3) is 11.5 Å². The summed E-state index contributed by atoms with van der Waals surface area (Å²) in [5, 5.41) is 15.1. The minimum atomic E-state index is -0.593. The molecule has 32 heavy (non-hydrogen) atoms. The van der Waals surface area contributed by atoms with E-state index in [1.54, 1.807) is 13.1 Å². The number of terminal acetylenes is 1. The third-order valence-corrected chi connectivity index (χ3v) is 6.06. The molecule has 2 heterocycles. The van der Waals surface area contributed by atoms with Crippen LogP contribution in [0.5, 0.6) is 0 Å². The molecule has 1 aliphatic heterocycles. The van der Waals surface area contributed by atoms with Gasteiger partial charge in [0.2, 0.25) is 0 Å². The van der Waals surface area contributed by atoms with Crippen molar-refractivity contribution < 1.29 is 9.53 Å². The summed E-state index contributed by atoms with van der Waals surface area (Å²) in [6.45, 7) is 6.28. The van der Waals surface area contributed by atoms with Gasteiger partial charge in [-0.15, -0.1) is 17.8 Å². The van der Waals surface area contributed by atoms with Crippen LogP contribution < -0.4 is 25.4 Å². The van der Waals surface area contributed by atoms with Gasteiger partial charge in [0, 0.05) is 38.1 Å². The van der Waals surface area contributed by atoms with E-state index in [0.717, 1.165) is 55.4 Å². The number of thiazole rings is 1. The Hall–Kier alpha value is -3.37. The number of carbonyl (C=O) groups is 1. The third kappa shape index (κ3) is 5.65. The summed E-state index contributed by atoms with van der Waals surface area (Å²) < 4.78 is 7.52. The molecular formula is C23H25N5O3S. The molecule has 0 bridgehead atoms. The van der Waals surface area contributed by atoms with E-state index >= 15 is 0 Å². The van der Waals surface area contributed by atoms with Crippen molar-refractivity contribution in [1.29, 1.82) is 5.26 Å². The number of nitrogens with zero attached hydrogens (tertiary/aromatic N) is 3. The largest absolute Gasteiger partial charge is 0.379 e. The number of rotatable bonds is 7. The molecule has 8 nitrogen and oxygen atoms in total. The number of hydrogen-bond donors (Lipinski definition) is 2. The molecule has 0 unspecified atom stereocenters. The molecule has 1 aromatic carbocycles. The van der Waals surface area contributed by atoms with Crippen LogP contribution in [0.3, 0.4) is 0 Å². The lowest BCUT2D eigenvalue weighted by atomic mass is 10.2. The molecule has 1 saturated heterocycles. The number of nitrogens with one attached hydrogen (secondary N) is 2. The van der Waals surface area contributed by atoms with Crippen molar-refractivity contribution in [2.24, 2.45) is 0 Å². The van der Waals surface area contributed by atoms with E-state index in [1.807, 2.05) is 24.3 Å². The number of ether oxygens (including phenoxy) is 1. The van der Waals surface area contributed by atoms with Crippen molar-refractivity contribution in [3.8, 4) is 18.4 Å². The van der Waals surface area contributed by atoms with E-state index < -0.39 is 5.91 Å². The van der Waals surface area contributed by atoms with Gasteiger partial charge in [-0.2, -0.15) is 5.26 Å². The number of nitriles is 1. The van der Waals surface area contributed by atoms with Crippen LogP contribution >= 0.6 is 11.3 Å². The van der Waals surface area contributed by atoms with Crippen LogP contribution in [0.4, 0.5) is 5.69 Å². The number of amides is 1. The lowest BCUT2D eigenvalue weighted by Crippen LogP contribution is -2.35. The van der Waals surface area contributed by atoms with E-state index in [4.69, 9.17) is 11.2 Å². The summed E-state index contributed by atoms with van der Waals surface area (Å²) in [6.07, 6.45) is 6.78. The molecule has 0 aliphatic carbocycles. The van der Waals surface area contributed by atoms with E-state index in [1.165, 1.54) is 4.57 Å². The van der Waals surface area contributed by atoms with Crippen LogP contribution in [0, 0.1) is 23.7 Å². The zero-order chi connectivity index (χ0) is 22.9. The predicted molar refractivity (Wildman–Crippen MR) is 125 cm³/mol. The summed E-state index contributed by atoms with van der Waals surface area (Å²) in [5.74, 6) is 1.70. The third-order valence-electron chi connectivity index (χ3n) is 4.93. The van der Waals surface area contributed by atoms with Gasteiger partial charge >= 0.3 is 0 Å². The zero-order valence-corrected chi connectivity index (χ0v) is 18.7. The molecule has 9 heteroatoms. The molecule has 3 rings (SSSR count). The highest BCUT2D eigenvalue weighted by Gasteiger charge is 2.15. The average Bonchev–Trinajstić information content (AvgIpc) is 3.12. The van der Waals surface area contributed by atoms with Crippen molar-refractivity contribution in [3.63, 3.8) is 0 Å². The molecule has 1 aliphatic rings. The van der Waals surface area contributed by atoms with Crippen LogP contribution in [0.1, 0.15) is 12.5 Å². The maximum absolute atomic E-state index is 12.8. The average molecular weight is 452 g/mol. The molecule has 1 amide bonds. The van der Waals surface area contributed by atoms with Crippen molar-refractivity contribution in [3.05, 3.63) is 49.4 Å². The van der Waals surface area contributed by atoms with E-state index in [-0.39, 0.29) is 17.7 Å². The standard InChI is InChI=1S/C23H25N5O3S/c1-3-8-25-21(29)19(14-24)23-28(4-2)22(30)20(32-23)15-26-18-7-5-6-17(13-18)16-27-9-11-31-12-10-27/h1,5-7,13,15,26H,4,8-12,16H2,2H3,(H,25,29). The number of anilines is 1. The topological polar surface area (TPSA) is 99.4 Å². The van der Waals surface area contributed by atoms with Gasteiger partial charge in [-0.05, 0) is 24.6 Å². The molecule has 2 aromatic rings.